The number of hydrogen-bond donors (Lipinski definition) is 2. The van der Waals surface area contributed by atoms with E-state index in [9.17, 15) is 18.0 Å². The zero-order valence-electron chi connectivity index (χ0n) is 15.6. The topological polar surface area (TPSA) is 110 Å². The molecule has 0 radical (unpaired) electrons. The number of sulfone groups is 1. The fourth-order valence-corrected chi connectivity index (χ4v) is 6.29. The average molecular weight is 428 g/mol. The number of carbonyl (C=O) groups excluding carboxylic acids is 2. The van der Waals surface area contributed by atoms with E-state index in [4.69, 9.17) is 5.73 Å². The van der Waals surface area contributed by atoms with Crippen LogP contribution in [0.25, 0.3) is 0 Å². The van der Waals surface area contributed by atoms with Crippen LogP contribution in [0.5, 0.6) is 0 Å². The summed E-state index contributed by atoms with van der Waals surface area (Å²) in [6.45, 7) is 0.312. The zero-order valence-corrected chi connectivity index (χ0v) is 17.2. The van der Waals surface area contributed by atoms with Crippen LogP contribution in [-0.2, 0) is 25.8 Å². The van der Waals surface area contributed by atoms with Gasteiger partial charge in [0.25, 0.3) is 0 Å². The lowest BCUT2D eigenvalue weighted by Gasteiger charge is -2.28. The Kier molecular flexibility index (Phi) is 5.91. The first-order chi connectivity index (χ1) is 12.8. The minimum Gasteiger partial charge on any atom is -0.399 e. The third-order valence-corrected chi connectivity index (χ3v) is 7.73. The van der Waals surface area contributed by atoms with Crippen LogP contribution < -0.4 is 11.1 Å². The van der Waals surface area contributed by atoms with Crippen LogP contribution in [0.3, 0.4) is 0 Å². The second kappa shape index (κ2) is 7.91. The number of nitrogen functional groups attached to an aromatic ring is 1. The van der Waals surface area contributed by atoms with Crippen molar-refractivity contribution in [2.24, 2.45) is 5.92 Å². The molecule has 2 saturated heterocycles. The van der Waals surface area contributed by atoms with Crippen molar-refractivity contribution in [1.29, 1.82) is 0 Å². The number of fused-ring (bicyclic) bond motifs is 1. The maximum atomic E-state index is 12.8. The summed E-state index contributed by atoms with van der Waals surface area (Å²) < 4.78 is 23.4. The highest BCUT2D eigenvalue weighted by Gasteiger charge is 2.42. The van der Waals surface area contributed by atoms with E-state index in [1.165, 1.54) is 5.56 Å². The summed E-state index contributed by atoms with van der Waals surface area (Å²) in [5, 5.41) is 3.11. The second-order valence-electron chi connectivity index (χ2n) is 7.92. The van der Waals surface area contributed by atoms with E-state index in [0.717, 1.165) is 30.5 Å². The summed E-state index contributed by atoms with van der Waals surface area (Å²) in [6.07, 6.45) is 3.44. The molecule has 2 amide bonds. The summed E-state index contributed by atoms with van der Waals surface area (Å²) in [5.41, 5.74) is 8.87. The Morgan fingerprint density at radius 1 is 1.25 bits per heavy atom. The molecule has 2 heterocycles. The molecule has 3 aliphatic rings. The number of likely N-dealkylation sites (tertiary alicyclic amines) is 1. The molecule has 0 bridgehead atoms. The lowest BCUT2D eigenvalue weighted by atomic mass is 9.87. The number of halogens is 1. The SMILES string of the molecule is Cl.Nc1ccc2c(c1)CCCC2NC(=O)C1CC(=O)N(C2CCS(=O)(=O)C2)C1. The fourth-order valence-electron chi connectivity index (χ4n) is 4.56. The van der Waals surface area contributed by atoms with Gasteiger partial charge in [-0.05, 0) is 48.9 Å². The van der Waals surface area contributed by atoms with Crippen LogP contribution in [-0.4, -0.2) is 49.2 Å². The number of rotatable bonds is 3. The van der Waals surface area contributed by atoms with E-state index in [1.807, 2.05) is 18.2 Å². The predicted molar refractivity (Wildman–Crippen MR) is 109 cm³/mol. The van der Waals surface area contributed by atoms with Gasteiger partial charge in [-0.3, -0.25) is 9.59 Å². The third-order valence-electron chi connectivity index (χ3n) is 5.98. The summed E-state index contributed by atoms with van der Waals surface area (Å²) in [7, 11) is -3.06. The van der Waals surface area contributed by atoms with Crippen LogP contribution in [0.4, 0.5) is 5.69 Å². The van der Waals surface area contributed by atoms with Crippen LogP contribution >= 0.6 is 12.4 Å². The van der Waals surface area contributed by atoms with Gasteiger partial charge in [0.1, 0.15) is 0 Å². The predicted octanol–water partition coefficient (Wildman–Crippen LogP) is 1.22. The molecule has 2 aliphatic heterocycles. The van der Waals surface area contributed by atoms with E-state index in [1.54, 1.807) is 4.90 Å². The highest BCUT2D eigenvalue weighted by molar-refractivity contribution is 7.91. The molecule has 7 nitrogen and oxygen atoms in total. The number of hydrogen-bond acceptors (Lipinski definition) is 5. The van der Waals surface area contributed by atoms with Gasteiger partial charge >= 0.3 is 0 Å². The standard InChI is InChI=1S/C19H25N3O4S.ClH/c20-14-4-5-16-12(8-14)2-1-3-17(16)21-19(24)13-9-18(23)22(10-13)15-6-7-27(25,26)11-15;/h4-5,8,13,15,17H,1-3,6-7,9-11,20H2,(H,21,24);1H. The van der Waals surface area contributed by atoms with E-state index in [-0.39, 0.29) is 54.2 Å². The van der Waals surface area contributed by atoms with Gasteiger partial charge in [-0.1, -0.05) is 6.07 Å². The molecule has 9 heteroatoms. The van der Waals surface area contributed by atoms with Crippen molar-refractivity contribution in [3.05, 3.63) is 29.3 Å². The molecule has 0 saturated carbocycles. The quantitative estimate of drug-likeness (QED) is 0.705. The molecule has 3 atom stereocenters. The minimum atomic E-state index is -3.06. The van der Waals surface area contributed by atoms with Gasteiger partial charge in [0.15, 0.2) is 9.84 Å². The maximum absolute atomic E-state index is 12.8. The van der Waals surface area contributed by atoms with Crippen molar-refractivity contribution in [2.75, 3.05) is 23.8 Å². The van der Waals surface area contributed by atoms with Gasteiger partial charge in [0.2, 0.25) is 11.8 Å². The van der Waals surface area contributed by atoms with Crippen LogP contribution in [0.1, 0.15) is 42.9 Å². The van der Waals surface area contributed by atoms with Crippen molar-refractivity contribution < 1.29 is 18.0 Å². The van der Waals surface area contributed by atoms with Crippen molar-refractivity contribution in [1.82, 2.24) is 10.2 Å². The number of nitrogens with two attached hydrogens (primary N) is 1. The molecular weight excluding hydrogens is 402 g/mol. The molecule has 1 aliphatic carbocycles. The number of benzene rings is 1. The summed E-state index contributed by atoms with van der Waals surface area (Å²) in [4.78, 5) is 26.7. The van der Waals surface area contributed by atoms with Crippen LogP contribution in [0, 0.1) is 5.92 Å². The number of aryl methyl sites for hydroxylation is 1. The van der Waals surface area contributed by atoms with Crippen LogP contribution in [0.15, 0.2) is 18.2 Å². The van der Waals surface area contributed by atoms with Crippen LogP contribution in [0.2, 0.25) is 0 Å². The normalized spacial score (nSPS) is 28.5. The number of anilines is 1. The molecule has 1 aromatic rings. The Balaban J connectivity index is 0.00000225. The molecule has 3 unspecified atom stereocenters. The molecule has 154 valence electrons. The van der Waals surface area contributed by atoms with Crippen molar-refractivity contribution in [2.45, 2.75) is 44.2 Å². The summed E-state index contributed by atoms with van der Waals surface area (Å²) >= 11 is 0. The Bertz CT molecular complexity index is 889. The Morgan fingerprint density at radius 3 is 2.75 bits per heavy atom. The Hall–Kier alpha value is -1.80. The first-order valence-corrected chi connectivity index (χ1v) is 11.3. The minimum absolute atomic E-state index is 0. The molecule has 1 aromatic carbocycles. The monoisotopic (exact) mass is 427 g/mol. The third kappa shape index (κ3) is 4.12. The number of nitrogens with zero attached hydrogens (tertiary/aromatic N) is 1. The van der Waals surface area contributed by atoms with E-state index in [0.29, 0.717) is 13.0 Å². The van der Waals surface area contributed by atoms with Gasteiger partial charge in [-0.25, -0.2) is 8.42 Å². The molecule has 0 aromatic heterocycles. The summed E-state index contributed by atoms with van der Waals surface area (Å²) in [5.74, 6) is -0.513. The molecular formula is C19H26ClN3O4S. The lowest BCUT2D eigenvalue weighted by Crippen LogP contribution is -2.40. The number of nitrogens with one attached hydrogen (secondary N) is 1. The van der Waals surface area contributed by atoms with Gasteiger partial charge in [0.05, 0.1) is 23.5 Å². The van der Waals surface area contributed by atoms with Crippen molar-refractivity contribution in [3.8, 4) is 0 Å². The maximum Gasteiger partial charge on any atom is 0.225 e. The highest BCUT2D eigenvalue weighted by Crippen LogP contribution is 2.32. The lowest BCUT2D eigenvalue weighted by molar-refractivity contribution is -0.130. The number of carbonyl (C=O) groups is 2. The average Bonchev–Trinajstić information content (AvgIpc) is 3.17. The number of amides is 2. The van der Waals surface area contributed by atoms with Crippen molar-refractivity contribution in [3.63, 3.8) is 0 Å². The fraction of sp³-hybridized carbons (Fsp3) is 0.579. The van der Waals surface area contributed by atoms with Gasteiger partial charge < -0.3 is 16.0 Å². The van der Waals surface area contributed by atoms with E-state index >= 15 is 0 Å². The largest absolute Gasteiger partial charge is 0.399 e. The van der Waals surface area contributed by atoms with Gasteiger partial charge in [-0.2, -0.15) is 0 Å². The van der Waals surface area contributed by atoms with E-state index < -0.39 is 15.8 Å². The molecule has 0 spiro atoms. The first kappa shape index (κ1) is 20.9. The first-order valence-electron chi connectivity index (χ1n) is 9.51. The van der Waals surface area contributed by atoms with E-state index in [2.05, 4.69) is 5.32 Å². The molecule has 4 rings (SSSR count). The smallest absolute Gasteiger partial charge is 0.225 e. The summed E-state index contributed by atoms with van der Waals surface area (Å²) in [6, 6.07) is 5.46. The van der Waals surface area contributed by atoms with Gasteiger partial charge in [-0.15, -0.1) is 12.4 Å². The molecule has 2 fully saturated rings. The Morgan fingerprint density at radius 2 is 2.04 bits per heavy atom. The highest BCUT2D eigenvalue weighted by atomic mass is 35.5. The zero-order chi connectivity index (χ0) is 19.2. The molecule has 28 heavy (non-hydrogen) atoms. The van der Waals surface area contributed by atoms with Gasteiger partial charge in [0, 0.05) is 24.7 Å². The molecule has 3 N–H and O–H groups in total. The Labute approximate surface area is 171 Å². The second-order valence-corrected chi connectivity index (χ2v) is 10.1. The van der Waals surface area contributed by atoms with Crippen molar-refractivity contribution >= 4 is 39.7 Å².